The molecule has 0 bridgehead atoms. The highest BCUT2D eigenvalue weighted by molar-refractivity contribution is 7.13. The summed E-state index contributed by atoms with van der Waals surface area (Å²) in [7, 11) is 0. The number of aliphatic carboxylic acids is 2. The average Bonchev–Trinajstić information content (AvgIpc) is 3.05. The monoisotopic (exact) mass is 430 g/mol. The predicted octanol–water partition coefficient (Wildman–Crippen LogP) is -3.27. The van der Waals surface area contributed by atoms with Crippen molar-refractivity contribution in [3.8, 4) is 0 Å². The highest BCUT2D eigenvalue weighted by Crippen LogP contribution is 2.21. The number of nitrogens with two attached hydrogens (primary N) is 2. The third kappa shape index (κ3) is 5.14. The predicted molar refractivity (Wildman–Crippen MR) is 92.0 cm³/mol. The zero-order chi connectivity index (χ0) is 21.7. The zero-order valence-electron chi connectivity index (χ0n) is 14.3. The van der Waals surface area contributed by atoms with Gasteiger partial charge in [-0.05, 0) is 0 Å². The van der Waals surface area contributed by atoms with Crippen LogP contribution in [0.15, 0.2) is 10.5 Å². The minimum absolute atomic E-state index is 0.0710. The SMILES string of the molecule is NC(=O)[C@H]1[C@H](NC(=O)C(=NOCC(=O)O)c2csc(N)n2)C(=O)N1OCC(=O)O. The Morgan fingerprint density at radius 1 is 1.28 bits per heavy atom. The van der Waals surface area contributed by atoms with Gasteiger partial charge < -0.3 is 31.8 Å². The molecule has 156 valence electrons. The number of carboxylic acids is 2. The number of hydroxylamine groups is 2. The molecule has 16 heteroatoms. The van der Waals surface area contributed by atoms with Crippen LogP contribution in [0.4, 0.5) is 5.13 Å². The summed E-state index contributed by atoms with van der Waals surface area (Å²) in [5.41, 5.74) is 10.1. The number of thiazole rings is 1. The summed E-state index contributed by atoms with van der Waals surface area (Å²) in [5, 5.41) is 24.6. The van der Waals surface area contributed by atoms with Crippen molar-refractivity contribution in [2.24, 2.45) is 10.9 Å². The summed E-state index contributed by atoms with van der Waals surface area (Å²) < 4.78 is 0. The first-order valence-electron chi connectivity index (χ1n) is 7.53. The lowest BCUT2D eigenvalue weighted by Crippen LogP contribution is -2.74. The summed E-state index contributed by atoms with van der Waals surface area (Å²) in [6.45, 7) is -1.77. The van der Waals surface area contributed by atoms with Crippen LogP contribution in [0.25, 0.3) is 0 Å². The Morgan fingerprint density at radius 2 is 1.93 bits per heavy atom. The van der Waals surface area contributed by atoms with Crippen molar-refractivity contribution in [3.63, 3.8) is 0 Å². The first kappa shape index (κ1) is 21.5. The van der Waals surface area contributed by atoms with Gasteiger partial charge >= 0.3 is 11.9 Å². The smallest absolute Gasteiger partial charge is 0.344 e. The summed E-state index contributed by atoms with van der Waals surface area (Å²) in [4.78, 5) is 70.3. The molecule has 1 aliphatic heterocycles. The van der Waals surface area contributed by atoms with Gasteiger partial charge in [0.05, 0.1) is 0 Å². The minimum Gasteiger partial charge on any atom is -0.479 e. The van der Waals surface area contributed by atoms with Crippen LogP contribution >= 0.6 is 11.3 Å². The number of rotatable bonds is 10. The molecule has 29 heavy (non-hydrogen) atoms. The number of carboxylic acid groups (broad SMARTS) is 2. The van der Waals surface area contributed by atoms with Gasteiger partial charge in [-0.2, -0.15) is 0 Å². The van der Waals surface area contributed by atoms with E-state index in [0.29, 0.717) is 5.06 Å². The molecule has 0 saturated carbocycles. The summed E-state index contributed by atoms with van der Waals surface area (Å²) in [6.07, 6.45) is 0. The number of carbonyl (C=O) groups is 5. The van der Waals surface area contributed by atoms with E-state index in [9.17, 15) is 24.0 Å². The number of nitrogens with zero attached hydrogens (tertiary/aromatic N) is 3. The Kier molecular flexibility index (Phi) is 6.63. The Bertz CT molecular complexity index is 884. The lowest BCUT2D eigenvalue weighted by molar-refractivity contribution is -0.234. The van der Waals surface area contributed by atoms with E-state index in [1.807, 2.05) is 0 Å². The molecule has 1 fully saturated rings. The first-order valence-corrected chi connectivity index (χ1v) is 8.40. The van der Waals surface area contributed by atoms with Crippen molar-refractivity contribution in [3.05, 3.63) is 11.1 Å². The molecule has 1 aromatic rings. The Morgan fingerprint density at radius 3 is 2.45 bits per heavy atom. The van der Waals surface area contributed by atoms with Gasteiger partial charge in [-0.25, -0.2) is 19.6 Å². The number of carbonyl (C=O) groups excluding carboxylic acids is 3. The van der Waals surface area contributed by atoms with Gasteiger partial charge in [0.25, 0.3) is 11.8 Å². The first-order chi connectivity index (χ1) is 13.6. The van der Waals surface area contributed by atoms with E-state index >= 15 is 0 Å². The molecular weight excluding hydrogens is 416 g/mol. The molecule has 1 aliphatic rings. The standard InChI is InChI=1S/C13H14N6O9S/c14-10(24)9-8(12(26)19(9)28-2-6(22)23)17-11(25)7(18-27-1-5(20)21)4-3-29-13(15)16-4/h3,8-9H,1-2H2,(H2,14,24)(H2,15,16)(H,17,25)(H,20,21)(H,22,23)/t8-,9+/m0/s1. The van der Waals surface area contributed by atoms with Crippen LogP contribution in [0.2, 0.25) is 0 Å². The number of primary amides is 1. The molecule has 2 rings (SSSR count). The molecule has 0 unspecified atom stereocenters. The summed E-state index contributed by atoms with van der Waals surface area (Å²) in [5.74, 6) is -5.82. The summed E-state index contributed by atoms with van der Waals surface area (Å²) >= 11 is 0.953. The number of oxime groups is 1. The lowest BCUT2D eigenvalue weighted by atomic mass is 9.97. The molecule has 2 atom stereocenters. The molecule has 7 N–H and O–H groups in total. The minimum atomic E-state index is -1.48. The molecular formula is C13H14N6O9S. The molecule has 15 nitrogen and oxygen atoms in total. The molecule has 0 aromatic carbocycles. The van der Waals surface area contributed by atoms with Gasteiger partial charge in [0.15, 0.2) is 23.5 Å². The lowest BCUT2D eigenvalue weighted by Gasteiger charge is -2.43. The number of amides is 3. The second kappa shape index (κ2) is 8.93. The average molecular weight is 430 g/mol. The third-order valence-corrected chi connectivity index (χ3v) is 3.95. The number of hydrogen-bond acceptors (Lipinski definition) is 11. The molecule has 3 amide bonds. The van der Waals surface area contributed by atoms with Gasteiger partial charge in [-0.15, -0.1) is 11.3 Å². The van der Waals surface area contributed by atoms with Gasteiger partial charge in [-0.1, -0.05) is 5.16 Å². The second-order valence-electron chi connectivity index (χ2n) is 5.31. The quantitative estimate of drug-likeness (QED) is 0.140. The van der Waals surface area contributed by atoms with Crippen molar-refractivity contribution in [2.45, 2.75) is 12.1 Å². The van der Waals surface area contributed by atoms with Crippen molar-refractivity contribution < 1.29 is 43.9 Å². The molecule has 2 heterocycles. The van der Waals surface area contributed by atoms with Crippen LogP contribution in [0, 0.1) is 0 Å². The zero-order valence-corrected chi connectivity index (χ0v) is 15.1. The third-order valence-electron chi connectivity index (χ3n) is 3.28. The number of hydrogen-bond donors (Lipinski definition) is 5. The van der Waals surface area contributed by atoms with Crippen LogP contribution < -0.4 is 16.8 Å². The maximum absolute atomic E-state index is 12.5. The van der Waals surface area contributed by atoms with Gasteiger partial charge in [0, 0.05) is 5.38 Å². The van der Waals surface area contributed by atoms with E-state index in [1.165, 1.54) is 5.38 Å². The highest BCUT2D eigenvalue weighted by Gasteiger charge is 2.53. The van der Waals surface area contributed by atoms with E-state index in [-0.39, 0.29) is 10.8 Å². The fourth-order valence-corrected chi connectivity index (χ4v) is 2.66. The van der Waals surface area contributed by atoms with Crippen LogP contribution in [-0.4, -0.2) is 80.9 Å². The number of aromatic nitrogens is 1. The van der Waals surface area contributed by atoms with Crippen molar-refractivity contribution in [2.75, 3.05) is 18.9 Å². The van der Waals surface area contributed by atoms with Crippen LogP contribution in [-0.2, 0) is 33.6 Å². The van der Waals surface area contributed by atoms with Gasteiger partial charge in [0.2, 0.25) is 12.5 Å². The van der Waals surface area contributed by atoms with Gasteiger partial charge in [0.1, 0.15) is 11.7 Å². The van der Waals surface area contributed by atoms with E-state index in [1.54, 1.807) is 0 Å². The normalized spacial score (nSPS) is 18.7. The number of anilines is 1. The fraction of sp³-hybridized carbons (Fsp3) is 0.308. The van der Waals surface area contributed by atoms with Crippen molar-refractivity contribution >= 4 is 51.8 Å². The van der Waals surface area contributed by atoms with Crippen molar-refractivity contribution in [1.82, 2.24) is 15.4 Å². The van der Waals surface area contributed by atoms with Crippen LogP contribution in [0.5, 0.6) is 0 Å². The molecule has 1 aromatic heterocycles. The Balaban J connectivity index is 2.17. The molecule has 0 aliphatic carbocycles. The summed E-state index contributed by atoms with van der Waals surface area (Å²) in [6, 6.07) is -2.96. The number of nitrogen functional groups attached to an aromatic ring is 1. The van der Waals surface area contributed by atoms with E-state index in [0.717, 1.165) is 11.3 Å². The van der Waals surface area contributed by atoms with E-state index in [4.69, 9.17) is 21.7 Å². The Hall–Kier alpha value is -3.79. The molecule has 0 radical (unpaired) electrons. The van der Waals surface area contributed by atoms with E-state index < -0.39 is 60.7 Å². The maximum Gasteiger partial charge on any atom is 0.344 e. The second-order valence-corrected chi connectivity index (χ2v) is 6.20. The number of nitrogens with one attached hydrogen (secondary N) is 1. The van der Waals surface area contributed by atoms with Crippen molar-refractivity contribution in [1.29, 1.82) is 0 Å². The fourth-order valence-electron chi connectivity index (χ4n) is 2.11. The Labute approximate surface area is 164 Å². The van der Waals surface area contributed by atoms with Crippen LogP contribution in [0.3, 0.4) is 0 Å². The topological polar surface area (TPSA) is 237 Å². The number of β-lactam (4-membered cyclic amide) rings is 1. The van der Waals surface area contributed by atoms with Gasteiger partial charge in [-0.3, -0.25) is 19.2 Å². The highest BCUT2D eigenvalue weighted by atomic mass is 32.1. The molecule has 0 spiro atoms. The molecule has 1 saturated heterocycles. The maximum atomic E-state index is 12.5. The van der Waals surface area contributed by atoms with E-state index in [2.05, 4.69) is 25.1 Å². The largest absolute Gasteiger partial charge is 0.479 e. The van der Waals surface area contributed by atoms with Crippen LogP contribution in [0.1, 0.15) is 5.69 Å².